The monoisotopic (exact) mass is 246 g/mol. The van der Waals surface area contributed by atoms with Crippen LogP contribution in [0.2, 0.25) is 0 Å². The molecule has 0 bridgehead atoms. The van der Waals surface area contributed by atoms with Gasteiger partial charge in [-0.25, -0.2) is 0 Å². The lowest BCUT2D eigenvalue weighted by Crippen LogP contribution is -1.96. The van der Waals surface area contributed by atoms with Gasteiger partial charge in [-0.2, -0.15) is 5.10 Å². The van der Waals surface area contributed by atoms with Crippen LogP contribution in [-0.2, 0) is 12.8 Å². The maximum absolute atomic E-state index is 5.37. The van der Waals surface area contributed by atoms with E-state index in [1.54, 1.807) is 14.2 Å². The number of rotatable bonds is 5. The van der Waals surface area contributed by atoms with E-state index in [0.29, 0.717) is 0 Å². The molecule has 0 aliphatic carbocycles. The molecule has 1 aromatic carbocycles. The van der Waals surface area contributed by atoms with Gasteiger partial charge in [0.15, 0.2) is 0 Å². The molecular formula is C14H18N2O2. The van der Waals surface area contributed by atoms with Gasteiger partial charge < -0.3 is 9.47 Å². The molecule has 1 heterocycles. The van der Waals surface area contributed by atoms with Crippen LogP contribution in [-0.4, -0.2) is 24.4 Å². The zero-order valence-corrected chi connectivity index (χ0v) is 11.0. The summed E-state index contributed by atoms with van der Waals surface area (Å²) in [5.41, 5.74) is 3.33. The first kappa shape index (κ1) is 12.5. The second-order valence-corrected chi connectivity index (χ2v) is 4.22. The van der Waals surface area contributed by atoms with E-state index in [-0.39, 0.29) is 0 Å². The molecule has 4 nitrogen and oxygen atoms in total. The van der Waals surface area contributed by atoms with Crippen molar-refractivity contribution in [1.82, 2.24) is 10.2 Å². The smallest absolute Gasteiger partial charge is 0.125 e. The fourth-order valence-corrected chi connectivity index (χ4v) is 1.92. The molecule has 0 radical (unpaired) electrons. The Kier molecular flexibility index (Phi) is 3.87. The Labute approximate surface area is 107 Å². The van der Waals surface area contributed by atoms with E-state index in [1.165, 1.54) is 5.56 Å². The van der Waals surface area contributed by atoms with Crippen LogP contribution < -0.4 is 9.47 Å². The predicted molar refractivity (Wildman–Crippen MR) is 70.3 cm³/mol. The topological polar surface area (TPSA) is 47.1 Å². The van der Waals surface area contributed by atoms with Crippen molar-refractivity contribution in [1.29, 1.82) is 0 Å². The van der Waals surface area contributed by atoms with Gasteiger partial charge in [-0.1, -0.05) is 6.07 Å². The van der Waals surface area contributed by atoms with Crippen molar-refractivity contribution in [2.24, 2.45) is 0 Å². The molecule has 0 spiro atoms. The largest absolute Gasteiger partial charge is 0.497 e. The van der Waals surface area contributed by atoms with E-state index in [4.69, 9.17) is 9.47 Å². The molecule has 18 heavy (non-hydrogen) atoms. The van der Waals surface area contributed by atoms with E-state index in [1.807, 2.05) is 25.1 Å². The quantitative estimate of drug-likeness (QED) is 0.881. The number of methoxy groups -OCH3 is 2. The van der Waals surface area contributed by atoms with Gasteiger partial charge in [0.2, 0.25) is 0 Å². The lowest BCUT2D eigenvalue weighted by Gasteiger charge is -2.09. The normalized spacial score (nSPS) is 10.4. The molecule has 96 valence electrons. The summed E-state index contributed by atoms with van der Waals surface area (Å²) in [4.78, 5) is 0. The summed E-state index contributed by atoms with van der Waals surface area (Å²) >= 11 is 0. The molecule has 2 aromatic rings. The van der Waals surface area contributed by atoms with Crippen molar-refractivity contribution in [2.45, 2.75) is 19.8 Å². The Morgan fingerprint density at radius 1 is 1.11 bits per heavy atom. The maximum Gasteiger partial charge on any atom is 0.125 e. The minimum atomic E-state index is 0.811. The van der Waals surface area contributed by atoms with E-state index < -0.39 is 0 Å². The molecular weight excluding hydrogens is 228 g/mol. The molecule has 0 aliphatic heterocycles. The molecule has 0 saturated heterocycles. The van der Waals surface area contributed by atoms with E-state index >= 15 is 0 Å². The van der Waals surface area contributed by atoms with Crippen LogP contribution in [0.25, 0.3) is 0 Å². The highest BCUT2D eigenvalue weighted by Gasteiger charge is 2.06. The van der Waals surface area contributed by atoms with Gasteiger partial charge in [0.1, 0.15) is 11.5 Å². The third-order valence-corrected chi connectivity index (χ3v) is 2.90. The minimum absolute atomic E-state index is 0.811. The summed E-state index contributed by atoms with van der Waals surface area (Å²) in [6.07, 6.45) is 1.80. The highest BCUT2D eigenvalue weighted by molar-refractivity contribution is 5.41. The molecule has 1 aromatic heterocycles. The van der Waals surface area contributed by atoms with Crippen LogP contribution in [0.3, 0.4) is 0 Å². The number of hydrogen-bond acceptors (Lipinski definition) is 3. The SMILES string of the molecule is COc1ccc(CCc2cc(C)[nH]n2)c(OC)c1. The van der Waals surface area contributed by atoms with E-state index in [9.17, 15) is 0 Å². The molecule has 0 atom stereocenters. The van der Waals surface area contributed by atoms with Crippen LogP contribution in [0.4, 0.5) is 0 Å². The number of aromatic nitrogens is 2. The Morgan fingerprint density at radius 2 is 1.94 bits per heavy atom. The minimum Gasteiger partial charge on any atom is -0.497 e. The van der Waals surface area contributed by atoms with Crippen LogP contribution in [0.5, 0.6) is 11.5 Å². The van der Waals surface area contributed by atoms with Gasteiger partial charge in [-0.15, -0.1) is 0 Å². The predicted octanol–water partition coefficient (Wildman–Crippen LogP) is 2.52. The van der Waals surface area contributed by atoms with Gasteiger partial charge >= 0.3 is 0 Å². The average molecular weight is 246 g/mol. The first-order valence-electron chi connectivity index (χ1n) is 5.94. The van der Waals surface area contributed by atoms with Crippen LogP contribution in [0, 0.1) is 6.92 Å². The van der Waals surface area contributed by atoms with Crippen molar-refractivity contribution >= 4 is 0 Å². The van der Waals surface area contributed by atoms with E-state index in [0.717, 1.165) is 35.7 Å². The van der Waals surface area contributed by atoms with Crippen LogP contribution >= 0.6 is 0 Å². The number of benzene rings is 1. The van der Waals surface area contributed by atoms with Crippen LogP contribution in [0.15, 0.2) is 24.3 Å². The van der Waals surface area contributed by atoms with Gasteiger partial charge in [-0.05, 0) is 37.5 Å². The number of nitrogens with one attached hydrogen (secondary N) is 1. The standard InChI is InChI=1S/C14H18N2O2/c1-10-8-12(16-15-10)6-4-11-5-7-13(17-2)9-14(11)18-3/h5,7-9H,4,6H2,1-3H3,(H,15,16). The fourth-order valence-electron chi connectivity index (χ4n) is 1.92. The first-order valence-corrected chi connectivity index (χ1v) is 5.94. The zero-order chi connectivity index (χ0) is 13.0. The van der Waals surface area contributed by atoms with Crippen molar-refractivity contribution < 1.29 is 9.47 Å². The number of aryl methyl sites for hydroxylation is 3. The summed E-state index contributed by atoms with van der Waals surface area (Å²) in [5.74, 6) is 1.67. The third-order valence-electron chi connectivity index (χ3n) is 2.90. The van der Waals surface area contributed by atoms with Crippen molar-refractivity contribution in [2.75, 3.05) is 14.2 Å². The molecule has 0 aliphatic rings. The highest BCUT2D eigenvalue weighted by atomic mass is 16.5. The first-order chi connectivity index (χ1) is 8.72. The molecule has 0 unspecified atom stereocenters. The summed E-state index contributed by atoms with van der Waals surface area (Å²) in [6, 6.07) is 7.96. The van der Waals surface area contributed by atoms with Gasteiger partial charge in [0.05, 0.1) is 19.9 Å². The number of aromatic amines is 1. The summed E-state index contributed by atoms with van der Waals surface area (Å²) in [5, 5.41) is 7.18. The molecule has 0 fully saturated rings. The fraction of sp³-hybridized carbons (Fsp3) is 0.357. The molecule has 0 amide bonds. The maximum atomic E-state index is 5.37. The lowest BCUT2D eigenvalue weighted by atomic mass is 10.1. The highest BCUT2D eigenvalue weighted by Crippen LogP contribution is 2.25. The van der Waals surface area contributed by atoms with Crippen molar-refractivity contribution in [3.63, 3.8) is 0 Å². The van der Waals surface area contributed by atoms with Crippen molar-refractivity contribution in [3.05, 3.63) is 41.2 Å². The summed E-state index contributed by atoms with van der Waals surface area (Å²) in [6.45, 7) is 2.00. The van der Waals surface area contributed by atoms with E-state index in [2.05, 4.69) is 16.3 Å². The van der Waals surface area contributed by atoms with Gasteiger partial charge in [-0.3, -0.25) is 5.10 Å². The average Bonchev–Trinajstić information content (AvgIpc) is 2.82. The van der Waals surface area contributed by atoms with Crippen molar-refractivity contribution in [3.8, 4) is 11.5 Å². The number of hydrogen-bond donors (Lipinski definition) is 1. The Bertz CT molecular complexity index is 520. The molecule has 1 N–H and O–H groups in total. The van der Waals surface area contributed by atoms with Crippen LogP contribution in [0.1, 0.15) is 17.0 Å². The zero-order valence-electron chi connectivity index (χ0n) is 11.0. The number of H-pyrrole nitrogens is 1. The molecule has 2 rings (SSSR count). The summed E-state index contributed by atoms with van der Waals surface area (Å²) < 4.78 is 10.6. The molecule has 0 saturated carbocycles. The number of nitrogens with zero attached hydrogens (tertiary/aromatic N) is 1. The lowest BCUT2D eigenvalue weighted by molar-refractivity contribution is 0.391. The second kappa shape index (κ2) is 5.58. The number of ether oxygens (including phenoxy) is 2. The van der Waals surface area contributed by atoms with Gasteiger partial charge in [0, 0.05) is 11.8 Å². The summed E-state index contributed by atoms with van der Waals surface area (Å²) in [7, 11) is 3.33. The van der Waals surface area contributed by atoms with Gasteiger partial charge in [0.25, 0.3) is 0 Å². The third kappa shape index (κ3) is 2.83. The Balaban J connectivity index is 2.08. The molecule has 4 heteroatoms. The Hall–Kier alpha value is -1.97. The second-order valence-electron chi connectivity index (χ2n) is 4.22. The Morgan fingerprint density at radius 3 is 2.56 bits per heavy atom.